The monoisotopic (exact) mass is 651 g/mol. The third-order valence-corrected chi connectivity index (χ3v) is 9.31. The topological polar surface area (TPSA) is 82.3 Å². The first-order valence-corrected chi connectivity index (χ1v) is 20.7. The van der Waals surface area contributed by atoms with Crippen LogP contribution < -0.4 is 21.3 Å². The summed E-state index contributed by atoms with van der Waals surface area (Å²) in [6.07, 6.45) is 41.7. The van der Waals surface area contributed by atoms with Crippen molar-refractivity contribution in [2.75, 3.05) is 26.2 Å². The SMILES string of the molecule is CCCCCCCCCCCCNC(=O)NCCCCCCCCCCCCCCNC(=O)NCCCCCCCCCCCC. The van der Waals surface area contributed by atoms with Gasteiger partial charge in [0, 0.05) is 26.2 Å². The molecule has 0 fully saturated rings. The highest BCUT2D eigenvalue weighted by Crippen LogP contribution is 2.13. The van der Waals surface area contributed by atoms with E-state index >= 15 is 0 Å². The molecule has 0 atom stereocenters. The van der Waals surface area contributed by atoms with Crippen LogP contribution >= 0.6 is 0 Å². The Morgan fingerprint density at radius 2 is 0.413 bits per heavy atom. The summed E-state index contributed by atoms with van der Waals surface area (Å²) in [5.74, 6) is 0. The molecule has 0 radical (unpaired) electrons. The number of hydrogen-bond acceptors (Lipinski definition) is 2. The van der Waals surface area contributed by atoms with Crippen LogP contribution in [0, 0.1) is 0 Å². The lowest BCUT2D eigenvalue weighted by Crippen LogP contribution is -2.36. The fourth-order valence-corrected chi connectivity index (χ4v) is 6.18. The van der Waals surface area contributed by atoms with Crippen LogP contribution in [0.25, 0.3) is 0 Å². The van der Waals surface area contributed by atoms with Crippen molar-refractivity contribution in [3.8, 4) is 0 Å². The average molecular weight is 651 g/mol. The van der Waals surface area contributed by atoms with Gasteiger partial charge in [-0.15, -0.1) is 0 Å². The first-order valence-electron chi connectivity index (χ1n) is 20.7. The predicted octanol–water partition coefficient (Wildman–Crippen LogP) is 12.1. The Balaban J connectivity index is 3.20. The van der Waals surface area contributed by atoms with E-state index in [1.165, 1.54) is 180 Å². The first-order chi connectivity index (χ1) is 22.7. The Morgan fingerprint density at radius 1 is 0.261 bits per heavy atom. The molecule has 0 saturated carbocycles. The average Bonchev–Trinajstić information content (AvgIpc) is 3.05. The summed E-state index contributed by atoms with van der Waals surface area (Å²) in [5.41, 5.74) is 0. The van der Waals surface area contributed by atoms with Crippen molar-refractivity contribution in [2.45, 2.75) is 219 Å². The number of carbonyl (C=O) groups excluding carboxylic acids is 2. The number of carbonyl (C=O) groups is 2. The summed E-state index contributed by atoms with van der Waals surface area (Å²) in [6.45, 7) is 7.74. The maximum atomic E-state index is 11.9. The minimum absolute atomic E-state index is 0.00694. The molecule has 0 heterocycles. The number of amides is 4. The van der Waals surface area contributed by atoms with Crippen LogP contribution in [-0.2, 0) is 0 Å². The standard InChI is InChI=1S/C40H82N4O2/c1-3-5-7-9-11-13-19-23-27-31-35-41-39(45)43-37-33-29-25-21-17-15-16-18-22-26-30-34-38-44-40(46)42-36-32-28-24-20-14-12-10-8-6-4-2/h3-38H2,1-2H3,(H2,41,43,45)(H2,42,44,46). The first kappa shape index (κ1) is 44.5. The summed E-state index contributed by atoms with van der Waals surface area (Å²) in [5, 5.41) is 12.1. The summed E-state index contributed by atoms with van der Waals surface area (Å²) < 4.78 is 0. The minimum Gasteiger partial charge on any atom is -0.338 e. The summed E-state index contributed by atoms with van der Waals surface area (Å²) in [7, 11) is 0. The highest BCUT2D eigenvalue weighted by atomic mass is 16.2. The van der Waals surface area contributed by atoms with Crippen LogP contribution in [-0.4, -0.2) is 38.2 Å². The maximum absolute atomic E-state index is 11.9. The van der Waals surface area contributed by atoms with Gasteiger partial charge in [0.15, 0.2) is 0 Å². The van der Waals surface area contributed by atoms with Crippen molar-refractivity contribution in [3.05, 3.63) is 0 Å². The number of urea groups is 2. The minimum atomic E-state index is 0.00694. The molecule has 0 aromatic heterocycles. The van der Waals surface area contributed by atoms with Crippen molar-refractivity contribution >= 4 is 12.1 Å². The van der Waals surface area contributed by atoms with E-state index in [0.717, 1.165) is 51.9 Å². The van der Waals surface area contributed by atoms with Crippen molar-refractivity contribution in [2.24, 2.45) is 0 Å². The summed E-state index contributed by atoms with van der Waals surface area (Å²) in [6, 6.07) is 0.0139. The Bertz CT molecular complexity index is 564. The zero-order valence-electron chi connectivity index (χ0n) is 31.3. The van der Waals surface area contributed by atoms with Gasteiger partial charge in [0.05, 0.1) is 0 Å². The second kappa shape index (κ2) is 39.7. The molecule has 0 aliphatic carbocycles. The molecule has 0 saturated heterocycles. The van der Waals surface area contributed by atoms with Crippen LogP contribution in [0.15, 0.2) is 0 Å². The van der Waals surface area contributed by atoms with Crippen molar-refractivity contribution in [1.29, 1.82) is 0 Å². The van der Waals surface area contributed by atoms with Gasteiger partial charge in [0.25, 0.3) is 0 Å². The fraction of sp³-hybridized carbons (Fsp3) is 0.950. The van der Waals surface area contributed by atoms with Gasteiger partial charge in [0.2, 0.25) is 0 Å². The van der Waals surface area contributed by atoms with E-state index < -0.39 is 0 Å². The lowest BCUT2D eigenvalue weighted by atomic mass is 10.1. The van der Waals surface area contributed by atoms with Crippen LogP contribution in [0.3, 0.4) is 0 Å². The molecular formula is C40H82N4O2. The summed E-state index contributed by atoms with van der Waals surface area (Å²) >= 11 is 0. The highest BCUT2D eigenvalue weighted by molar-refractivity contribution is 5.74. The molecule has 6 heteroatoms. The van der Waals surface area contributed by atoms with Crippen LogP contribution in [0.1, 0.15) is 219 Å². The molecular weight excluding hydrogens is 568 g/mol. The molecule has 0 aliphatic rings. The zero-order valence-corrected chi connectivity index (χ0v) is 31.3. The number of hydrogen-bond donors (Lipinski definition) is 4. The van der Waals surface area contributed by atoms with E-state index in [0.29, 0.717) is 0 Å². The molecule has 0 aromatic carbocycles. The normalized spacial score (nSPS) is 11.1. The smallest absolute Gasteiger partial charge is 0.314 e. The Hall–Kier alpha value is -1.46. The van der Waals surface area contributed by atoms with Crippen molar-refractivity contribution in [3.63, 3.8) is 0 Å². The van der Waals surface area contributed by atoms with E-state index in [1.54, 1.807) is 0 Å². The Kier molecular flexibility index (Phi) is 38.5. The molecule has 46 heavy (non-hydrogen) atoms. The summed E-state index contributed by atoms with van der Waals surface area (Å²) in [4.78, 5) is 23.8. The Morgan fingerprint density at radius 3 is 0.587 bits per heavy atom. The fourth-order valence-electron chi connectivity index (χ4n) is 6.18. The highest BCUT2D eigenvalue weighted by Gasteiger charge is 2.01. The molecule has 0 spiro atoms. The predicted molar refractivity (Wildman–Crippen MR) is 202 cm³/mol. The molecule has 0 aromatic rings. The van der Waals surface area contributed by atoms with Crippen LogP contribution in [0.4, 0.5) is 9.59 Å². The third kappa shape index (κ3) is 38.7. The van der Waals surface area contributed by atoms with Gasteiger partial charge >= 0.3 is 12.1 Å². The number of rotatable bonds is 37. The molecule has 4 N–H and O–H groups in total. The van der Waals surface area contributed by atoms with Crippen LogP contribution in [0.5, 0.6) is 0 Å². The maximum Gasteiger partial charge on any atom is 0.314 e. The number of unbranched alkanes of at least 4 members (excludes halogenated alkanes) is 29. The van der Waals surface area contributed by atoms with Gasteiger partial charge in [-0.2, -0.15) is 0 Å². The third-order valence-electron chi connectivity index (χ3n) is 9.31. The second-order valence-corrected chi connectivity index (χ2v) is 14.0. The molecule has 0 unspecified atom stereocenters. The van der Waals surface area contributed by atoms with Gasteiger partial charge in [-0.25, -0.2) is 9.59 Å². The van der Waals surface area contributed by atoms with Gasteiger partial charge in [-0.3, -0.25) is 0 Å². The van der Waals surface area contributed by atoms with E-state index in [1.807, 2.05) is 0 Å². The molecule has 0 rings (SSSR count). The van der Waals surface area contributed by atoms with E-state index in [4.69, 9.17) is 0 Å². The lowest BCUT2D eigenvalue weighted by molar-refractivity contribution is 0.239. The van der Waals surface area contributed by atoms with Gasteiger partial charge in [-0.05, 0) is 25.7 Å². The lowest BCUT2D eigenvalue weighted by Gasteiger charge is -2.08. The molecule has 274 valence electrons. The van der Waals surface area contributed by atoms with Gasteiger partial charge in [0.1, 0.15) is 0 Å². The molecule has 0 aliphatic heterocycles. The zero-order chi connectivity index (χ0) is 33.4. The van der Waals surface area contributed by atoms with Crippen molar-refractivity contribution in [1.82, 2.24) is 21.3 Å². The largest absolute Gasteiger partial charge is 0.338 e. The van der Waals surface area contributed by atoms with Crippen molar-refractivity contribution < 1.29 is 9.59 Å². The second-order valence-electron chi connectivity index (χ2n) is 14.0. The molecule has 4 amide bonds. The van der Waals surface area contributed by atoms with Gasteiger partial charge in [-0.1, -0.05) is 194 Å². The molecule has 6 nitrogen and oxygen atoms in total. The quantitative estimate of drug-likeness (QED) is 0.0505. The van der Waals surface area contributed by atoms with Crippen LogP contribution in [0.2, 0.25) is 0 Å². The van der Waals surface area contributed by atoms with E-state index in [-0.39, 0.29) is 12.1 Å². The molecule has 0 bridgehead atoms. The number of nitrogens with one attached hydrogen (secondary N) is 4. The van der Waals surface area contributed by atoms with E-state index in [9.17, 15) is 9.59 Å². The Labute approximate surface area is 287 Å². The van der Waals surface area contributed by atoms with Gasteiger partial charge < -0.3 is 21.3 Å². The van der Waals surface area contributed by atoms with E-state index in [2.05, 4.69) is 35.1 Å².